The lowest BCUT2D eigenvalue weighted by Crippen LogP contribution is -2.50. The van der Waals surface area contributed by atoms with E-state index in [9.17, 15) is 9.59 Å². The van der Waals surface area contributed by atoms with Crippen molar-refractivity contribution in [2.24, 2.45) is 0 Å². The summed E-state index contributed by atoms with van der Waals surface area (Å²) in [6.45, 7) is 8.92. The maximum Gasteiger partial charge on any atom is 0.251 e. The van der Waals surface area contributed by atoms with Gasteiger partial charge in [0.1, 0.15) is 18.4 Å². The van der Waals surface area contributed by atoms with E-state index in [4.69, 9.17) is 4.74 Å². The summed E-state index contributed by atoms with van der Waals surface area (Å²) in [5, 5.41) is 2.99. The Balaban J connectivity index is 2.16. The lowest BCUT2D eigenvalue weighted by Gasteiger charge is -2.27. The lowest BCUT2D eigenvalue weighted by atomic mass is 10.0. The molecule has 0 aliphatic rings. The molecule has 2 aromatic carbocycles. The van der Waals surface area contributed by atoms with Gasteiger partial charge in [-0.15, -0.1) is 0 Å². The van der Waals surface area contributed by atoms with Gasteiger partial charge in [0, 0.05) is 31.6 Å². The van der Waals surface area contributed by atoms with Crippen LogP contribution >= 0.6 is 0 Å². The Kier molecular flexibility index (Phi) is 10.9. The molecule has 2 amide bonds. The number of rotatable bonds is 13. The van der Waals surface area contributed by atoms with Crippen LogP contribution in [0.5, 0.6) is 5.75 Å². The third-order valence-electron chi connectivity index (χ3n) is 5.39. The van der Waals surface area contributed by atoms with Crippen molar-refractivity contribution < 1.29 is 14.3 Å². The van der Waals surface area contributed by atoms with Crippen molar-refractivity contribution in [2.45, 2.75) is 46.1 Å². The number of benzene rings is 2. The Morgan fingerprint density at radius 1 is 0.909 bits per heavy atom. The molecule has 2 rings (SSSR count). The monoisotopic (exact) mass is 453 g/mol. The smallest absolute Gasteiger partial charge is 0.251 e. The Hall–Kier alpha value is -2.86. The van der Waals surface area contributed by atoms with Crippen LogP contribution in [-0.2, 0) is 11.2 Å². The molecule has 2 aromatic rings. The summed E-state index contributed by atoms with van der Waals surface area (Å²) in [5.41, 5.74) is 2.62. The van der Waals surface area contributed by atoms with Gasteiger partial charge in [0.15, 0.2) is 0 Å². The molecule has 0 radical (unpaired) electrons. The van der Waals surface area contributed by atoms with Crippen molar-refractivity contribution >= 4 is 11.8 Å². The predicted octanol–water partition coefficient (Wildman–Crippen LogP) is 3.93. The minimum atomic E-state index is -0.627. The minimum absolute atomic E-state index is 0.0366. The van der Waals surface area contributed by atoms with Crippen LogP contribution in [0.2, 0.25) is 0 Å². The van der Waals surface area contributed by atoms with Gasteiger partial charge in [-0.25, -0.2) is 0 Å². The topological polar surface area (TPSA) is 61.9 Å². The van der Waals surface area contributed by atoms with Crippen molar-refractivity contribution in [1.82, 2.24) is 15.1 Å². The number of likely N-dealkylation sites (N-methyl/N-ethyl adjacent to an activating group) is 1. The molecule has 0 saturated heterocycles. The van der Waals surface area contributed by atoms with Gasteiger partial charge in [0.25, 0.3) is 5.91 Å². The van der Waals surface area contributed by atoms with Crippen molar-refractivity contribution in [1.29, 1.82) is 0 Å². The number of hydrogen-bond acceptors (Lipinski definition) is 4. The zero-order valence-electron chi connectivity index (χ0n) is 20.8. The second-order valence-corrected chi connectivity index (χ2v) is 8.72. The molecule has 0 aromatic heterocycles. The number of nitrogens with one attached hydrogen (secondary N) is 1. The van der Waals surface area contributed by atoms with Gasteiger partial charge in [0.05, 0.1) is 0 Å². The fraction of sp³-hybridized carbons (Fsp3) is 0.481. The van der Waals surface area contributed by atoms with E-state index in [1.807, 2.05) is 62.3 Å². The number of amides is 2. The number of hydrogen-bond donors (Lipinski definition) is 1. The Morgan fingerprint density at radius 3 is 2.06 bits per heavy atom. The van der Waals surface area contributed by atoms with E-state index in [-0.39, 0.29) is 11.8 Å². The highest BCUT2D eigenvalue weighted by molar-refractivity contribution is 5.97. The lowest BCUT2D eigenvalue weighted by molar-refractivity contribution is -0.133. The second-order valence-electron chi connectivity index (χ2n) is 8.72. The van der Waals surface area contributed by atoms with E-state index in [1.165, 1.54) is 0 Å². The van der Waals surface area contributed by atoms with E-state index in [2.05, 4.69) is 24.1 Å². The molecule has 0 spiro atoms. The van der Waals surface area contributed by atoms with Gasteiger partial charge in [0.2, 0.25) is 5.91 Å². The first-order valence-corrected chi connectivity index (χ1v) is 11.9. The van der Waals surface area contributed by atoms with Crippen molar-refractivity contribution in [2.75, 3.05) is 40.3 Å². The molecule has 0 heterocycles. The first kappa shape index (κ1) is 26.4. The average molecular weight is 454 g/mol. The van der Waals surface area contributed by atoms with Crippen LogP contribution in [0.25, 0.3) is 0 Å². The van der Waals surface area contributed by atoms with E-state index >= 15 is 0 Å². The number of nitrogens with zero attached hydrogens (tertiary/aromatic N) is 2. The molecular weight excluding hydrogens is 414 g/mol. The largest absolute Gasteiger partial charge is 0.492 e. The normalized spacial score (nSPS) is 11.8. The van der Waals surface area contributed by atoms with E-state index < -0.39 is 6.04 Å². The van der Waals surface area contributed by atoms with Crippen LogP contribution in [0.3, 0.4) is 0 Å². The van der Waals surface area contributed by atoms with Gasteiger partial charge < -0.3 is 19.9 Å². The zero-order chi connectivity index (χ0) is 24.2. The van der Waals surface area contributed by atoms with Gasteiger partial charge >= 0.3 is 0 Å². The quantitative estimate of drug-likeness (QED) is 0.499. The molecule has 1 atom stereocenters. The first-order valence-electron chi connectivity index (χ1n) is 11.9. The molecule has 1 unspecified atom stereocenters. The molecule has 1 N–H and O–H groups in total. The molecule has 0 fully saturated rings. The molecule has 0 aliphatic heterocycles. The van der Waals surface area contributed by atoms with Crippen LogP contribution in [0.1, 0.15) is 48.2 Å². The molecule has 0 aliphatic carbocycles. The molecule has 6 nitrogen and oxygen atoms in total. The minimum Gasteiger partial charge on any atom is -0.492 e. The second kappa shape index (κ2) is 13.6. The summed E-state index contributed by atoms with van der Waals surface area (Å²) in [6, 6.07) is 14.5. The standard InChI is InChI=1S/C27H39N3O3/c1-6-16-30(17-7-2)27(32)25(28-26(31)23-12-8-21(3)9-13-23)20-22-10-14-24(15-11-22)33-19-18-29(4)5/h8-15,25H,6-7,16-20H2,1-5H3,(H,28,31). The number of ether oxygens (including phenoxy) is 1. The molecule has 0 bridgehead atoms. The summed E-state index contributed by atoms with van der Waals surface area (Å²) in [4.78, 5) is 30.3. The number of aryl methyl sites for hydroxylation is 1. The first-order chi connectivity index (χ1) is 15.8. The highest BCUT2D eigenvalue weighted by atomic mass is 16.5. The summed E-state index contributed by atoms with van der Waals surface area (Å²) in [5.74, 6) is 0.529. The van der Waals surface area contributed by atoms with Crippen molar-refractivity contribution in [3.8, 4) is 5.75 Å². The van der Waals surface area contributed by atoms with Crippen molar-refractivity contribution in [3.05, 3.63) is 65.2 Å². The number of carbonyl (C=O) groups is 2. The number of carbonyl (C=O) groups excluding carboxylic acids is 2. The van der Waals surface area contributed by atoms with Crippen LogP contribution in [0, 0.1) is 6.92 Å². The maximum atomic E-state index is 13.4. The highest BCUT2D eigenvalue weighted by Gasteiger charge is 2.26. The SMILES string of the molecule is CCCN(CCC)C(=O)C(Cc1ccc(OCCN(C)C)cc1)NC(=O)c1ccc(C)cc1. The summed E-state index contributed by atoms with van der Waals surface area (Å²) >= 11 is 0. The van der Waals surface area contributed by atoms with E-state index in [0.29, 0.717) is 31.7 Å². The molecule has 33 heavy (non-hydrogen) atoms. The summed E-state index contributed by atoms with van der Waals surface area (Å²) in [7, 11) is 4.02. The fourth-order valence-corrected chi connectivity index (χ4v) is 3.54. The third kappa shape index (κ3) is 8.89. The van der Waals surface area contributed by atoms with Gasteiger partial charge in [-0.3, -0.25) is 9.59 Å². The third-order valence-corrected chi connectivity index (χ3v) is 5.39. The van der Waals surface area contributed by atoms with Gasteiger partial charge in [-0.2, -0.15) is 0 Å². The zero-order valence-corrected chi connectivity index (χ0v) is 20.8. The fourth-order valence-electron chi connectivity index (χ4n) is 3.54. The van der Waals surface area contributed by atoms with Crippen LogP contribution < -0.4 is 10.1 Å². The Bertz CT molecular complexity index is 857. The summed E-state index contributed by atoms with van der Waals surface area (Å²) in [6.07, 6.45) is 2.19. The summed E-state index contributed by atoms with van der Waals surface area (Å²) < 4.78 is 5.77. The van der Waals surface area contributed by atoms with E-state index in [1.54, 1.807) is 12.1 Å². The highest BCUT2D eigenvalue weighted by Crippen LogP contribution is 2.15. The Morgan fingerprint density at radius 2 is 1.52 bits per heavy atom. The van der Waals surface area contributed by atoms with Gasteiger partial charge in [-0.05, 0) is 63.7 Å². The molecule has 0 saturated carbocycles. The van der Waals surface area contributed by atoms with Crippen LogP contribution in [0.15, 0.2) is 48.5 Å². The average Bonchev–Trinajstić information content (AvgIpc) is 2.79. The van der Waals surface area contributed by atoms with E-state index in [0.717, 1.165) is 36.3 Å². The van der Waals surface area contributed by atoms with Crippen LogP contribution in [0.4, 0.5) is 0 Å². The maximum absolute atomic E-state index is 13.4. The van der Waals surface area contributed by atoms with Gasteiger partial charge in [-0.1, -0.05) is 43.7 Å². The van der Waals surface area contributed by atoms with Crippen LogP contribution in [-0.4, -0.2) is 68.0 Å². The Labute approximate surface area is 198 Å². The van der Waals surface area contributed by atoms with Crippen molar-refractivity contribution in [3.63, 3.8) is 0 Å². The molecule has 180 valence electrons. The molecule has 6 heteroatoms. The predicted molar refractivity (Wildman–Crippen MR) is 134 cm³/mol. The molecular formula is C27H39N3O3.